The van der Waals surface area contributed by atoms with E-state index in [-0.39, 0.29) is 17.8 Å². The first-order valence-corrected chi connectivity index (χ1v) is 8.67. The molecule has 0 bridgehead atoms. The summed E-state index contributed by atoms with van der Waals surface area (Å²) < 4.78 is 34.1. The monoisotopic (exact) mass is 378 g/mol. The lowest BCUT2D eigenvalue weighted by Crippen LogP contribution is -2.38. The minimum atomic E-state index is -2.85. The van der Waals surface area contributed by atoms with E-state index < -0.39 is 6.61 Å². The number of amides is 2. The molecule has 0 aliphatic carbocycles. The summed E-state index contributed by atoms with van der Waals surface area (Å²) in [4.78, 5) is 13.9. The van der Waals surface area contributed by atoms with E-state index in [0.29, 0.717) is 13.2 Å². The van der Waals surface area contributed by atoms with Crippen molar-refractivity contribution in [2.24, 2.45) is 0 Å². The Labute approximate surface area is 157 Å². The Morgan fingerprint density at radius 1 is 1.15 bits per heavy atom. The van der Waals surface area contributed by atoms with Crippen LogP contribution in [0.3, 0.4) is 0 Å². The Hall–Kier alpha value is -2.83. The standard InChI is InChI=1S/C20H24F2N2O3/c1-4-26-18-7-5-6-16(12-18)14(2)23-20(25)24(3)13-15-8-10-17(11-9-15)27-19(21)22/h5-12,14,19H,4,13H2,1-3H3,(H,23,25). The number of carbonyl (C=O) groups excluding carboxylic acids is 1. The molecule has 2 amide bonds. The van der Waals surface area contributed by atoms with Crippen molar-refractivity contribution < 1.29 is 23.0 Å². The van der Waals surface area contributed by atoms with E-state index in [0.717, 1.165) is 16.9 Å². The van der Waals surface area contributed by atoms with Gasteiger partial charge in [-0.15, -0.1) is 0 Å². The van der Waals surface area contributed by atoms with E-state index >= 15 is 0 Å². The fraction of sp³-hybridized carbons (Fsp3) is 0.350. The lowest BCUT2D eigenvalue weighted by molar-refractivity contribution is -0.0498. The number of urea groups is 1. The largest absolute Gasteiger partial charge is 0.494 e. The SMILES string of the molecule is CCOc1cccc(C(C)NC(=O)N(C)Cc2ccc(OC(F)F)cc2)c1. The van der Waals surface area contributed by atoms with Crippen LogP contribution in [0.5, 0.6) is 11.5 Å². The molecule has 2 aromatic rings. The van der Waals surface area contributed by atoms with Gasteiger partial charge in [-0.1, -0.05) is 24.3 Å². The number of alkyl halides is 2. The van der Waals surface area contributed by atoms with Gasteiger partial charge in [0, 0.05) is 13.6 Å². The highest BCUT2D eigenvalue weighted by molar-refractivity contribution is 5.74. The number of halogens is 2. The number of nitrogens with one attached hydrogen (secondary N) is 1. The number of nitrogens with zero attached hydrogens (tertiary/aromatic N) is 1. The second kappa shape index (κ2) is 9.75. The van der Waals surface area contributed by atoms with Crippen LogP contribution in [0.2, 0.25) is 0 Å². The third-order valence-electron chi connectivity index (χ3n) is 3.92. The van der Waals surface area contributed by atoms with Gasteiger partial charge in [0.1, 0.15) is 11.5 Å². The highest BCUT2D eigenvalue weighted by atomic mass is 19.3. The van der Waals surface area contributed by atoms with Crippen LogP contribution in [0.15, 0.2) is 48.5 Å². The van der Waals surface area contributed by atoms with Gasteiger partial charge in [0.05, 0.1) is 12.6 Å². The molecule has 0 fully saturated rings. The molecule has 0 saturated heterocycles. The molecule has 1 N–H and O–H groups in total. The topological polar surface area (TPSA) is 50.8 Å². The highest BCUT2D eigenvalue weighted by Crippen LogP contribution is 2.20. The second-order valence-corrected chi connectivity index (χ2v) is 6.06. The molecular formula is C20H24F2N2O3. The van der Waals surface area contributed by atoms with Crippen molar-refractivity contribution in [2.75, 3.05) is 13.7 Å². The summed E-state index contributed by atoms with van der Waals surface area (Å²) in [6.45, 7) is 1.87. The third-order valence-corrected chi connectivity index (χ3v) is 3.92. The van der Waals surface area contributed by atoms with E-state index in [4.69, 9.17) is 4.74 Å². The fourth-order valence-electron chi connectivity index (χ4n) is 2.54. The van der Waals surface area contributed by atoms with Gasteiger partial charge < -0.3 is 19.7 Å². The fourth-order valence-corrected chi connectivity index (χ4v) is 2.54. The van der Waals surface area contributed by atoms with E-state index in [1.807, 2.05) is 38.1 Å². The minimum Gasteiger partial charge on any atom is -0.494 e. The normalized spacial score (nSPS) is 11.8. The van der Waals surface area contributed by atoms with Crippen molar-refractivity contribution in [3.63, 3.8) is 0 Å². The number of hydrogen-bond acceptors (Lipinski definition) is 3. The van der Waals surface area contributed by atoms with Crippen molar-refractivity contribution in [3.8, 4) is 11.5 Å². The summed E-state index contributed by atoms with van der Waals surface area (Å²) in [6.07, 6.45) is 0. The van der Waals surface area contributed by atoms with Crippen molar-refractivity contribution in [1.82, 2.24) is 10.2 Å². The van der Waals surface area contributed by atoms with E-state index in [1.54, 1.807) is 19.2 Å². The second-order valence-electron chi connectivity index (χ2n) is 6.06. The van der Waals surface area contributed by atoms with Gasteiger partial charge in [0.2, 0.25) is 0 Å². The number of rotatable bonds is 8. The van der Waals surface area contributed by atoms with Crippen LogP contribution in [0.25, 0.3) is 0 Å². The Bertz CT molecular complexity index is 738. The number of hydrogen-bond donors (Lipinski definition) is 1. The van der Waals surface area contributed by atoms with Gasteiger partial charge in [-0.25, -0.2) is 4.79 Å². The first-order valence-electron chi connectivity index (χ1n) is 8.67. The maximum Gasteiger partial charge on any atom is 0.387 e. The van der Waals surface area contributed by atoms with Crippen LogP contribution in [0.4, 0.5) is 13.6 Å². The van der Waals surface area contributed by atoms with Gasteiger partial charge in [0.15, 0.2) is 0 Å². The van der Waals surface area contributed by atoms with Crippen molar-refractivity contribution >= 4 is 6.03 Å². The molecule has 0 radical (unpaired) electrons. The van der Waals surface area contributed by atoms with E-state index in [2.05, 4.69) is 10.1 Å². The van der Waals surface area contributed by atoms with E-state index in [9.17, 15) is 13.6 Å². The van der Waals surface area contributed by atoms with Gasteiger partial charge in [0.25, 0.3) is 0 Å². The lowest BCUT2D eigenvalue weighted by atomic mass is 10.1. The summed E-state index contributed by atoms with van der Waals surface area (Å²) in [5.41, 5.74) is 1.75. The molecule has 27 heavy (non-hydrogen) atoms. The number of ether oxygens (including phenoxy) is 2. The van der Waals surface area contributed by atoms with Crippen LogP contribution in [0, 0.1) is 0 Å². The molecular weight excluding hydrogens is 354 g/mol. The van der Waals surface area contributed by atoms with Crippen LogP contribution in [-0.2, 0) is 6.54 Å². The summed E-state index contributed by atoms with van der Waals surface area (Å²) in [5, 5.41) is 2.93. The molecule has 0 aromatic heterocycles. The average Bonchev–Trinajstić information content (AvgIpc) is 2.63. The molecule has 5 nitrogen and oxygen atoms in total. The molecule has 146 valence electrons. The summed E-state index contributed by atoms with van der Waals surface area (Å²) in [7, 11) is 1.67. The Balaban J connectivity index is 1.91. The first-order chi connectivity index (χ1) is 12.9. The molecule has 0 spiro atoms. The zero-order valence-corrected chi connectivity index (χ0v) is 15.6. The smallest absolute Gasteiger partial charge is 0.387 e. The van der Waals surface area contributed by atoms with Crippen LogP contribution >= 0.6 is 0 Å². The zero-order chi connectivity index (χ0) is 19.8. The number of carbonyl (C=O) groups is 1. The molecule has 1 atom stereocenters. The molecule has 7 heteroatoms. The van der Waals surface area contributed by atoms with Crippen molar-refractivity contribution in [2.45, 2.75) is 33.0 Å². The predicted octanol–water partition coefficient (Wildman–Crippen LogP) is 4.59. The predicted molar refractivity (Wildman–Crippen MR) is 99.1 cm³/mol. The molecule has 0 heterocycles. The van der Waals surface area contributed by atoms with Gasteiger partial charge in [-0.2, -0.15) is 8.78 Å². The lowest BCUT2D eigenvalue weighted by Gasteiger charge is -2.22. The maximum absolute atomic E-state index is 12.4. The summed E-state index contributed by atoms with van der Waals surface area (Å²) in [6, 6.07) is 13.4. The zero-order valence-electron chi connectivity index (χ0n) is 15.6. The van der Waals surface area contributed by atoms with Crippen LogP contribution in [-0.4, -0.2) is 31.2 Å². The highest BCUT2D eigenvalue weighted by Gasteiger charge is 2.14. The van der Waals surface area contributed by atoms with Crippen molar-refractivity contribution in [3.05, 3.63) is 59.7 Å². The Morgan fingerprint density at radius 2 is 1.85 bits per heavy atom. The number of benzene rings is 2. The maximum atomic E-state index is 12.4. The minimum absolute atomic E-state index is 0.0867. The molecule has 1 unspecified atom stereocenters. The van der Waals surface area contributed by atoms with Gasteiger partial charge in [-0.05, 0) is 49.2 Å². The van der Waals surface area contributed by atoms with Gasteiger partial charge >= 0.3 is 12.6 Å². The molecule has 2 aromatic carbocycles. The van der Waals surface area contributed by atoms with Crippen LogP contribution in [0.1, 0.15) is 31.0 Å². The summed E-state index contributed by atoms with van der Waals surface area (Å²) >= 11 is 0. The first kappa shape index (κ1) is 20.5. The van der Waals surface area contributed by atoms with Crippen LogP contribution < -0.4 is 14.8 Å². The van der Waals surface area contributed by atoms with Gasteiger partial charge in [-0.3, -0.25) is 0 Å². The summed E-state index contributed by atoms with van der Waals surface area (Å²) in [5.74, 6) is 0.846. The Kier molecular flexibility index (Phi) is 7.40. The average molecular weight is 378 g/mol. The third kappa shape index (κ3) is 6.44. The van der Waals surface area contributed by atoms with Crippen molar-refractivity contribution in [1.29, 1.82) is 0 Å². The molecule has 0 aliphatic rings. The Morgan fingerprint density at radius 3 is 2.48 bits per heavy atom. The quantitative estimate of drug-likeness (QED) is 0.731. The molecule has 0 aliphatic heterocycles. The van der Waals surface area contributed by atoms with E-state index in [1.165, 1.54) is 17.0 Å². The molecule has 0 saturated carbocycles. The molecule has 2 rings (SSSR count).